The Morgan fingerprint density at radius 1 is 1.11 bits per heavy atom. The van der Waals surface area contributed by atoms with Gasteiger partial charge in [-0.25, -0.2) is 0 Å². The Labute approximate surface area is 160 Å². The molecule has 4 nitrogen and oxygen atoms in total. The molecule has 1 aliphatic carbocycles. The van der Waals surface area contributed by atoms with Crippen LogP contribution in [-0.2, 0) is 25.6 Å². The summed E-state index contributed by atoms with van der Waals surface area (Å²) < 4.78 is 42.4. The number of benzene rings is 1. The molecule has 1 aliphatic heterocycles. The van der Waals surface area contributed by atoms with Gasteiger partial charge in [0.2, 0.25) is 5.76 Å². The summed E-state index contributed by atoms with van der Waals surface area (Å²) in [6, 6.07) is 7.69. The van der Waals surface area contributed by atoms with E-state index < -0.39 is 11.9 Å². The highest BCUT2D eigenvalue weighted by molar-refractivity contribution is 5.94. The fourth-order valence-electron chi connectivity index (χ4n) is 3.41. The van der Waals surface area contributed by atoms with Gasteiger partial charge in [0.15, 0.2) is 0 Å². The van der Waals surface area contributed by atoms with Crippen molar-refractivity contribution >= 4 is 5.91 Å². The molecule has 0 radical (unpaired) electrons. The molecule has 0 atom stereocenters. The van der Waals surface area contributed by atoms with E-state index in [4.69, 9.17) is 4.42 Å². The molecular weight excluding hydrogens is 369 g/mol. The summed E-state index contributed by atoms with van der Waals surface area (Å²) in [6.45, 7) is 1.73. The first kappa shape index (κ1) is 18.4. The van der Waals surface area contributed by atoms with Crippen molar-refractivity contribution in [2.45, 2.75) is 25.6 Å². The zero-order chi connectivity index (χ0) is 19.7. The predicted molar refractivity (Wildman–Crippen MR) is 97.5 cm³/mol. The van der Waals surface area contributed by atoms with Crippen molar-refractivity contribution in [3.8, 4) is 0 Å². The number of nitrogens with one attached hydrogen (secondary N) is 1. The van der Waals surface area contributed by atoms with Gasteiger partial charge in [-0.3, -0.25) is 4.79 Å². The Balaban J connectivity index is 1.39. The highest BCUT2D eigenvalue weighted by Crippen LogP contribution is 2.30. The minimum atomic E-state index is -4.53. The number of hydrogen-bond donors (Lipinski definition) is 1. The summed E-state index contributed by atoms with van der Waals surface area (Å²) in [4.78, 5) is 14.7. The average molecular weight is 388 g/mol. The number of carbonyl (C=O) groups excluding carboxylic acids is 1. The third-order valence-corrected chi connectivity index (χ3v) is 5.03. The van der Waals surface area contributed by atoms with E-state index in [2.05, 4.69) is 22.4 Å². The first-order chi connectivity index (χ1) is 13.4. The van der Waals surface area contributed by atoms with E-state index in [0.29, 0.717) is 5.56 Å². The lowest BCUT2D eigenvalue weighted by molar-refractivity contribution is -0.153. The maximum atomic E-state index is 12.6. The van der Waals surface area contributed by atoms with Crippen molar-refractivity contribution in [2.24, 2.45) is 0 Å². The van der Waals surface area contributed by atoms with E-state index in [-0.39, 0.29) is 18.2 Å². The van der Waals surface area contributed by atoms with Crippen LogP contribution >= 0.6 is 0 Å². The molecule has 7 heteroatoms. The van der Waals surface area contributed by atoms with Gasteiger partial charge in [0.1, 0.15) is 5.76 Å². The summed E-state index contributed by atoms with van der Waals surface area (Å²) in [5.41, 5.74) is 4.10. The highest BCUT2D eigenvalue weighted by Gasteiger charge is 2.34. The Morgan fingerprint density at radius 2 is 1.86 bits per heavy atom. The number of nitrogens with zero attached hydrogens (tertiary/aromatic N) is 1. The second-order valence-electron chi connectivity index (χ2n) is 6.87. The third-order valence-electron chi connectivity index (χ3n) is 5.03. The lowest BCUT2D eigenvalue weighted by Crippen LogP contribution is -2.26. The first-order valence-corrected chi connectivity index (χ1v) is 9.09. The van der Waals surface area contributed by atoms with Gasteiger partial charge >= 0.3 is 6.18 Å². The third kappa shape index (κ3) is 3.83. The topological polar surface area (TPSA) is 45.5 Å². The number of allylic oxidation sites excluding steroid dienone is 3. The molecule has 1 amide bonds. The number of rotatable bonds is 4. The predicted octanol–water partition coefficient (Wildman–Crippen LogP) is 4.08. The number of hydrogen-bond acceptors (Lipinski definition) is 3. The highest BCUT2D eigenvalue weighted by atomic mass is 19.4. The summed E-state index contributed by atoms with van der Waals surface area (Å²) >= 11 is 0. The van der Waals surface area contributed by atoms with Crippen molar-refractivity contribution in [1.29, 1.82) is 0 Å². The van der Waals surface area contributed by atoms with E-state index in [9.17, 15) is 18.0 Å². The molecule has 0 saturated carbocycles. The summed E-state index contributed by atoms with van der Waals surface area (Å²) in [5, 5.41) is 2.62. The molecule has 2 aromatic rings. The summed E-state index contributed by atoms with van der Waals surface area (Å²) in [6.07, 6.45) is 3.43. The van der Waals surface area contributed by atoms with Crippen LogP contribution in [-0.4, -0.2) is 23.9 Å². The smallest absolute Gasteiger partial charge is 0.449 e. The molecule has 2 heterocycles. The Hall–Kier alpha value is -2.96. The second kappa shape index (κ2) is 7.22. The summed E-state index contributed by atoms with van der Waals surface area (Å²) in [5.74, 6) is -1.34. The molecule has 4 rings (SSSR count). The van der Waals surface area contributed by atoms with Crippen molar-refractivity contribution in [3.05, 3.63) is 82.5 Å². The number of amides is 1. The van der Waals surface area contributed by atoms with E-state index in [1.165, 1.54) is 17.3 Å². The first-order valence-electron chi connectivity index (χ1n) is 9.09. The lowest BCUT2D eigenvalue weighted by atomic mass is 10.00. The molecule has 28 heavy (non-hydrogen) atoms. The van der Waals surface area contributed by atoms with Gasteiger partial charge < -0.3 is 14.6 Å². The van der Waals surface area contributed by atoms with Crippen LogP contribution in [0.5, 0.6) is 0 Å². The Bertz CT molecular complexity index is 957. The van der Waals surface area contributed by atoms with Gasteiger partial charge in [0.25, 0.3) is 5.91 Å². The van der Waals surface area contributed by atoms with Crippen LogP contribution in [0.2, 0.25) is 0 Å². The zero-order valence-electron chi connectivity index (χ0n) is 15.1. The zero-order valence-corrected chi connectivity index (χ0v) is 15.1. The van der Waals surface area contributed by atoms with E-state index in [0.717, 1.165) is 37.6 Å². The van der Waals surface area contributed by atoms with E-state index in [1.807, 2.05) is 18.2 Å². The molecule has 0 spiro atoms. The van der Waals surface area contributed by atoms with Crippen molar-refractivity contribution in [1.82, 2.24) is 10.2 Å². The molecule has 0 bridgehead atoms. The number of fused-ring (bicyclic) bond motifs is 1. The largest absolute Gasteiger partial charge is 0.455 e. The minimum absolute atomic E-state index is 0.0629. The molecule has 1 N–H and O–H groups in total. The molecule has 0 fully saturated rings. The quantitative estimate of drug-likeness (QED) is 0.859. The molecule has 2 aliphatic rings. The number of halogens is 3. The van der Waals surface area contributed by atoms with Crippen molar-refractivity contribution in [3.63, 3.8) is 0 Å². The molecular formula is C21H19F3N2O2. The van der Waals surface area contributed by atoms with Crippen LogP contribution in [0.25, 0.3) is 0 Å². The molecule has 0 saturated heterocycles. The lowest BCUT2D eigenvalue weighted by Gasteiger charge is -2.26. The van der Waals surface area contributed by atoms with E-state index in [1.54, 1.807) is 6.07 Å². The van der Waals surface area contributed by atoms with Crippen LogP contribution in [0.1, 0.15) is 33.0 Å². The molecule has 146 valence electrons. The Morgan fingerprint density at radius 3 is 2.50 bits per heavy atom. The Kier molecular flexibility index (Phi) is 4.75. The maximum absolute atomic E-state index is 12.6. The molecule has 1 aromatic heterocycles. The average Bonchev–Trinajstić information content (AvgIpc) is 3.01. The van der Waals surface area contributed by atoms with Gasteiger partial charge in [-0.05, 0) is 60.4 Å². The van der Waals surface area contributed by atoms with Crippen molar-refractivity contribution in [2.75, 3.05) is 13.1 Å². The van der Waals surface area contributed by atoms with Crippen LogP contribution in [0.4, 0.5) is 13.2 Å². The molecule has 1 aromatic carbocycles. The second-order valence-corrected chi connectivity index (χ2v) is 6.87. The monoisotopic (exact) mass is 388 g/mol. The van der Waals surface area contributed by atoms with Crippen LogP contribution in [0, 0.1) is 0 Å². The number of carbonyl (C=O) groups is 1. The van der Waals surface area contributed by atoms with Gasteiger partial charge in [0, 0.05) is 24.4 Å². The van der Waals surface area contributed by atoms with Gasteiger partial charge in [-0.15, -0.1) is 0 Å². The minimum Gasteiger partial charge on any atom is -0.455 e. The fourth-order valence-corrected chi connectivity index (χ4v) is 3.41. The fraction of sp³-hybridized carbons (Fsp3) is 0.286. The van der Waals surface area contributed by atoms with Crippen molar-refractivity contribution < 1.29 is 22.4 Å². The van der Waals surface area contributed by atoms with Gasteiger partial charge in [-0.2, -0.15) is 13.2 Å². The number of alkyl halides is 3. The maximum Gasteiger partial charge on any atom is 0.449 e. The normalized spacial score (nSPS) is 16.1. The van der Waals surface area contributed by atoms with Crippen LogP contribution in [0.3, 0.4) is 0 Å². The SMILES string of the molecule is O=C(NCc1ccc(C(F)(F)F)o1)c1ccc2c(c1)CCN(C1=CC=C1)CC2. The van der Waals surface area contributed by atoms with Crippen LogP contribution < -0.4 is 5.32 Å². The van der Waals surface area contributed by atoms with Crippen LogP contribution in [0.15, 0.2) is 58.7 Å². The van der Waals surface area contributed by atoms with E-state index >= 15 is 0 Å². The van der Waals surface area contributed by atoms with Gasteiger partial charge in [0.05, 0.1) is 6.54 Å². The standard InChI is InChI=1S/C21H19F3N2O2/c22-21(23,24)19-7-6-18(28-19)13-25-20(27)16-5-4-14-8-10-26(17-2-1-3-17)11-9-15(14)12-16/h1-7,12H,8-11,13H2,(H,25,27). The van der Waals surface area contributed by atoms with Gasteiger partial charge in [-0.1, -0.05) is 12.1 Å². The number of furan rings is 1. The molecule has 0 unspecified atom stereocenters. The summed E-state index contributed by atoms with van der Waals surface area (Å²) in [7, 11) is 0.